The first-order valence-corrected chi connectivity index (χ1v) is 5.66. The number of aromatic nitrogens is 1. The number of phenols is 1. The molecule has 0 atom stereocenters. The van der Waals surface area contributed by atoms with E-state index in [1.165, 1.54) is 0 Å². The van der Waals surface area contributed by atoms with Crippen molar-refractivity contribution >= 4 is 10.9 Å². The number of rotatable bonds is 1. The first-order chi connectivity index (χ1) is 8.75. The van der Waals surface area contributed by atoms with Gasteiger partial charge in [-0.05, 0) is 17.7 Å². The highest BCUT2D eigenvalue weighted by Crippen LogP contribution is 2.23. The van der Waals surface area contributed by atoms with Crippen molar-refractivity contribution < 1.29 is 5.11 Å². The molecule has 3 heteroatoms. The van der Waals surface area contributed by atoms with Crippen molar-refractivity contribution in [2.45, 2.75) is 0 Å². The maximum absolute atomic E-state index is 12.0. The molecule has 1 heterocycles. The number of hydrogen-bond donors (Lipinski definition) is 2. The molecule has 0 bridgehead atoms. The molecule has 0 radical (unpaired) electrons. The standard InChI is InChI=1S/C15H11NO2/c17-13-8-4-7-11-14(18)9-12(16-15(11)13)10-5-2-1-3-6-10/h1-9,17H,(H,16,18). The third-order valence-corrected chi connectivity index (χ3v) is 2.93. The minimum absolute atomic E-state index is 0.0855. The van der Waals surface area contributed by atoms with Crippen molar-refractivity contribution in [3.63, 3.8) is 0 Å². The maximum Gasteiger partial charge on any atom is 0.190 e. The van der Waals surface area contributed by atoms with Gasteiger partial charge in [-0.15, -0.1) is 0 Å². The van der Waals surface area contributed by atoms with Gasteiger partial charge in [-0.25, -0.2) is 0 Å². The highest BCUT2D eigenvalue weighted by molar-refractivity contribution is 5.86. The van der Waals surface area contributed by atoms with Crippen LogP contribution in [-0.4, -0.2) is 10.1 Å². The second-order valence-electron chi connectivity index (χ2n) is 4.11. The fourth-order valence-corrected chi connectivity index (χ4v) is 2.03. The second kappa shape index (κ2) is 4.04. The Hall–Kier alpha value is -2.55. The first kappa shape index (κ1) is 10.6. The smallest absolute Gasteiger partial charge is 0.190 e. The van der Waals surface area contributed by atoms with Gasteiger partial charge in [-0.3, -0.25) is 4.79 Å². The summed E-state index contributed by atoms with van der Waals surface area (Å²) in [6, 6.07) is 16.0. The molecule has 0 fully saturated rings. The van der Waals surface area contributed by atoms with E-state index in [1.54, 1.807) is 24.3 Å². The number of para-hydroxylation sites is 1. The third-order valence-electron chi connectivity index (χ3n) is 2.93. The molecule has 0 aliphatic rings. The van der Waals surface area contributed by atoms with Crippen LogP contribution in [0.5, 0.6) is 5.75 Å². The fraction of sp³-hybridized carbons (Fsp3) is 0. The molecule has 0 aliphatic heterocycles. The van der Waals surface area contributed by atoms with Crippen molar-refractivity contribution in [2.75, 3.05) is 0 Å². The highest BCUT2D eigenvalue weighted by atomic mass is 16.3. The van der Waals surface area contributed by atoms with Gasteiger partial charge in [0.1, 0.15) is 5.75 Å². The number of aromatic amines is 1. The summed E-state index contributed by atoms with van der Waals surface area (Å²) in [6.07, 6.45) is 0. The SMILES string of the molecule is O=c1cc(-c2ccccc2)[nH]c2c(O)cccc12. The number of nitrogens with one attached hydrogen (secondary N) is 1. The Labute approximate surface area is 103 Å². The molecule has 1 aromatic heterocycles. The van der Waals surface area contributed by atoms with E-state index in [1.807, 2.05) is 30.3 Å². The summed E-state index contributed by atoms with van der Waals surface area (Å²) in [7, 11) is 0. The van der Waals surface area contributed by atoms with E-state index in [-0.39, 0.29) is 11.2 Å². The number of phenolic OH excluding ortho intramolecular Hbond substituents is 1. The number of benzene rings is 2. The lowest BCUT2D eigenvalue weighted by Gasteiger charge is -2.05. The quantitative estimate of drug-likeness (QED) is 0.683. The number of hydrogen-bond acceptors (Lipinski definition) is 2. The summed E-state index contributed by atoms with van der Waals surface area (Å²) < 4.78 is 0. The van der Waals surface area contributed by atoms with Crippen LogP contribution in [0.1, 0.15) is 0 Å². The number of fused-ring (bicyclic) bond motifs is 1. The lowest BCUT2D eigenvalue weighted by Crippen LogP contribution is -2.02. The molecule has 3 nitrogen and oxygen atoms in total. The van der Waals surface area contributed by atoms with Crippen LogP contribution in [0.2, 0.25) is 0 Å². The highest BCUT2D eigenvalue weighted by Gasteiger charge is 2.06. The second-order valence-corrected chi connectivity index (χ2v) is 4.11. The van der Waals surface area contributed by atoms with Gasteiger partial charge in [0, 0.05) is 17.1 Å². The van der Waals surface area contributed by atoms with Crippen molar-refractivity contribution in [3.05, 3.63) is 64.8 Å². The van der Waals surface area contributed by atoms with Gasteiger partial charge in [0.25, 0.3) is 0 Å². The van der Waals surface area contributed by atoms with Crippen LogP contribution in [0.4, 0.5) is 0 Å². The van der Waals surface area contributed by atoms with Crippen molar-refractivity contribution in [1.29, 1.82) is 0 Å². The van der Waals surface area contributed by atoms with Crippen molar-refractivity contribution in [2.24, 2.45) is 0 Å². The van der Waals surface area contributed by atoms with E-state index in [2.05, 4.69) is 4.98 Å². The number of H-pyrrole nitrogens is 1. The van der Waals surface area contributed by atoms with Crippen LogP contribution in [-0.2, 0) is 0 Å². The molecule has 0 unspecified atom stereocenters. The van der Waals surface area contributed by atoms with Gasteiger partial charge in [-0.2, -0.15) is 0 Å². The predicted octanol–water partition coefficient (Wildman–Crippen LogP) is 2.90. The molecule has 0 spiro atoms. The van der Waals surface area contributed by atoms with Gasteiger partial charge in [0.05, 0.1) is 5.52 Å². The average Bonchev–Trinajstić information content (AvgIpc) is 2.41. The molecule has 0 saturated carbocycles. The summed E-state index contributed by atoms with van der Waals surface area (Å²) in [5, 5.41) is 10.3. The van der Waals surface area contributed by atoms with Crippen LogP contribution in [0.25, 0.3) is 22.2 Å². The molecule has 2 N–H and O–H groups in total. The predicted molar refractivity (Wildman–Crippen MR) is 71.7 cm³/mol. The minimum Gasteiger partial charge on any atom is -0.506 e. The maximum atomic E-state index is 12.0. The molecule has 88 valence electrons. The lowest BCUT2D eigenvalue weighted by molar-refractivity contribution is 0.480. The zero-order chi connectivity index (χ0) is 12.5. The third kappa shape index (κ3) is 1.66. The Bertz CT molecular complexity index is 760. The van der Waals surface area contributed by atoms with Crippen LogP contribution < -0.4 is 5.43 Å². The largest absolute Gasteiger partial charge is 0.506 e. The molecular weight excluding hydrogens is 226 g/mol. The molecule has 0 amide bonds. The summed E-state index contributed by atoms with van der Waals surface area (Å²) in [4.78, 5) is 15.1. The molecule has 0 aliphatic carbocycles. The van der Waals surface area contributed by atoms with Crippen molar-refractivity contribution in [1.82, 2.24) is 4.98 Å². The fourth-order valence-electron chi connectivity index (χ4n) is 2.03. The summed E-state index contributed by atoms with van der Waals surface area (Å²) in [5.74, 6) is 0.0855. The van der Waals surface area contributed by atoms with Gasteiger partial charge in [0.2, 0.25) is 0 Å². The molecule has 2 aromatic carbocycles. The summed E-state index contributed by atoms with van der Waals surface area (Å²) in [5.41, 5.74) is 2.00. The van der Waals surface area contributed by atoms with Crippen LogP contribution in [0, 0.1) is 0 Å². The molecule has 3 rings (SSSR count). The Balaban J connectivity index is 2.34. The van der Waals surface area contributed by atoms with E-state index < -0.39 is 0 Å². The van der Waals surface area contributed by atoms with E-state index in [4.69, 9.17) is 0 Å². The van der Waals surface area contributed by atoms with Gasteiger partial charge >= 0.3 is 0 Å². The molecule has 18 heavy (non-hydrogen) atoms. The van der Waals surface area contributed by atoms with E-state index >= 15 is 0 Å². The van der Waals surface area contributed by atoms with Gasteiger partial charge < -0.3 is 10.1 Å². The van der Waals surface area contributed by atoms with E-state index in [0.29, 0.717) is 16.6 Å². The first-order valence-electron chi connectivity index (χ1n) is 5.66. The Morgan fingerprint density at radius 1 is 0.944 bits per heavy atom. The van der Waals surface area contributed by atoms with E-state index in [0.717, 1.165) is 5.56 Å². The summed E-state index contributed by atoms with van der Waals surface area (Å²) >= 11 is 0. The minimum atomic E-state index is -0.0986. The number of pyridine rings is 1. The molecular formula is C15H11NO2. The van der Waals surface area contributed by atoms with Crippen molar-refractivity contribution in [3.8, 4) is 17.0 Å². The normalized spacial score (nSPS) is 10.7. The van der Waals surface area contributed by atoms with Gasteiger partial charge in [-0.1, -0.05) is 36.4 Å². The zero-order valence-electron chi connectivity index (χ0n) is 9.55. The van der Waals surface area contributed by atoms with Gasteiger partial charge in [0.15, 0.2) is 5.43 Å². The lowest BCUT2D eigenvalue weighted by atomic mass is 10.1. The average molecular weight is 237 g/mol. The zero-order valence-corrected chi connectivity index (χ0v) is 9.55. The van der Waals surface area contributed by atoms with E-state index in [9.17, 15) is 9.90 Å². The molecule has 3 aromatic rings. The Morgan fingerprint density at radius 2 is 1.72 bits per heavy atom. The number of aromatic hydroxyl groups is 1. The Kier molecular flexibility index (Phi) is 2.38. The Morgan fingerprint density at radius 3 is 2.50 bits per heavy atom. The topological polar surface area (TPSA) is 53.1 Å². The van der Waals surface area contributed by atoms with Crippen LogP contribution in [0.3, 0.4) is 0 Å². The van der Waals surface area contributed by atoms with Crippen LogP contribution >= 0.6 is 0 Å². The molecule has 0 saturated heterocycles. The summed E-state index contributed by atoms with van der Waals surface area (Å²) in [6.45, 7) is 0. The van der Waals surface area contributed by atoms with Crippen LogP contribution in [0.15, 0.2) is 59.4 Å². The monoisotopic (exact) mass is 237 g/mol.